The molecule has 0 saturated carbocycles. The molecule has 0 radical (unpaired) electrons. The van der Waals surface area contributed by atoms with E-state index in [0.29, 0.717) is 11.3 Å². The number of benzene rings is 2. The van der Waals surface area contributed by atoms with Crippen LogP contribution in [0.15, 0.2) is 30.3 Å². The van der Waals surface area contributed by atoms with Crippen molar-refractivity contribution in [3.8, 4) is 17.2 Å². The standard InChI is InChI=1S/C14H14FNO3/c1-8-2-4-10(15)6-11(8)16-7-9-3-5-12(17)14(19)13(9)18/h2-6,16-19H,7H2,1H3. The van der Waals surface area contributed by atoms with Crippen LogP contribution in [0, 0.1) is 12.7 Å². The molecule has 0 unspecified atom stereocenters. The second-order valence-corrected chi connectivity index (χ2v) is 4.25. The van der Waals surface area contributed by atoms with Crippen LogP contribution in [0.2, 0.25) is 0 Å². The number of phenols is 3. The topological polar surface area (TPSA) is 72.7 Å². The molecule has 0 saturated heterocycles. The van der Waals surface area contributed by atoms with Crippen LogP contribution in [0.3, 0.4) is 0 Å². The van der Waals surface area contributed by atoms with E-state index in [0.717, 1.165) is 5.56 Å². The van der Waals surface area contributed by atoms with Gasteiger partial charge in [0.2, 0.25) is 5.75 Å². The van der Waals surface area contributed by atoms with Gasteiger partial charge in [-0.3, -0.25) is 0 Å². The smallest absolute Gasteiger partial charge is 0.200 e. The van der Waals surface area contributed by atoms with E-state index < -0.39 is 5.75 Å². The molecular formula is C14H14FNO3. The number of hydrogen-bond donors (Lipinski definition) is 4. The third-order valence-corrected chi connectivity index (χ3v) is 2.88. The maximum Gasteiger partial charge on any atom is 0.200 e. The first-order valence-electron chi connectivity index (χ1n) is 5.72. The van der Waals surface area contributed by atoms with E-state index in [1.807, 2.05) is 6.92 Å². The van der Waals surface area contributed by atoms with Gasteiger partial charge in [-0.2, -0.15) is 0 Å². The molecule has 0 spiro atoms. The fourth-order valence-electron chi connectivity index (χ4n) is 1.73. The first-order chi connectivity index (χ1) is 8.99. The summed E-state index contributed by atoms with van der Waals surface area (Å²) in [5.41, 5.74) is 1.87. The lowest BCUT2D eigenvalue weighted by Gasteiger charge is -2.12. The lowest BCUT2D eigenvalue weighted by atomic mass is 10.1. The Morgan fingerprint density at radius 1 is 1.05 bits per heavy atom. The molecule has 0 bridgehead atoms. The zero-order valence-electron chi connectivity index (χ0n) is 10.3. The van der Waals surface area contributed by atoms with E-state index >= 15 is 0 Å². The molecule has 0 fully saturated rings. The summed E-state index contributed by atoms with van der Waals surface area (Å²) in [6.45, 7) is 2.03. The maximum absolute atomic E-state index is 13.1. The summed E-state index contributed by atoms with van der Waals surface area (Å²) in [6.07, 6.45) is 0. The Morgan fingerprint density at radius 3 is 2.53 bits per heavy atom. The molecule has 2 rings (SSSR count). The van der Waals surface area contributed by atoms with Crippen LogP contribution < -0.4 is 5.32 Å². The van der Waals surface area contributed by atoms with Gasteiger partial charge in [-0.1, -0.05) is 6.07 Å². The van der Waals surface area contributed by atoms with Crippen molar-refractivity contribution in [1.82, 2.24) is 0 Å². The maximum atomic E-state index is 13.1. The Morgan fingerprint density at radius 2 is 1.79 bits per heavy atom. The Labute approximate surface area is 109 Å². The molecule has 0 heterocycles. The monoisotopic (exact) mass is 263 g/mol. The predicted molar refractivity (Wildman–Crippen MR) is 69.9 cm³/mol. The molecular weight excluding hydrogens is 249 g/mol. The molecule has 0 aliphatic carbocycles. The SMILES string of the molecule is Cc1ccc(F)cc1NCc1ccc(O)c(O)c1O. The molecule has 0 atom stereocenters. The van der Waals surface area contributed by atoms with Crippen molar-refractivity contribution >= 4 is 5.69 Å². The zero-order chi connectivity index (χ0) is 14.0. The van der Waals surface area contributed by atoms with Crippen molar-refractivity contribution in [1.29, 1.82) is 0 Å². The van der Waals surface area contributed by atoms with Gasteiger partial charge in [0.25, 0.3) is 0 Å². The van der Waals surface area contributed by atoms with Crippen molar-refractivity contribution in [2.45, 2.75) is 13.5 Å². The number of phenolic OH excluding ortho intramolecular Hbond substituents is 3. The van der Waals surface area contributed by atoms with Gasteiger partial charge < -0.3 is 20.6 Å². The second kappa shape index (κ2) is 5.06. The molecule has 0 aliphatic heterocycles. The summed E-state index contributed by atoms with van der Waals surface area (Å²) >= 11 is 0. The average Bonchev–Trinajstić information content (AvgIpc) is 2.39. The number of hydrogen-bond acceptors (Lipinski definition) is 4. The lowest BCUT2D eigenvalue weighted by molar-refractivity contribution is 0.365. The van der Waals surface area contributed by atoms with Gasteiger partial charge in [-0.15, -0.1) is 0 Å². The van der Waals surface area contributed by atoms with Crippen LogP contribution in [0.4, 0.5) is 10.1 Å². The minimum absolute atomic E-state index is 0.198. The van der Waals surface area contributed by atoms with Gasteiger partial charge in [0, 0.05) is 17.8 Å². The van der Waals surface area contributed by atoms with Gasteiger partial charge in [0.15, 0.2) is 11.5 Å². The molecule has 4 nitrogen and oxygen atoms in total. The van der Waals surface area contributed by atoms with Crippen molar-refractivity contribution in [2.24, 2.45) is 0 Å². The van der Waals surface area contributed by atoms with E-state index in [-0.39, 0.29) is 23.9 Å². The highest BCUT2D eigenvalue weighted by Gasteiger charge is 2.11. The third kappa shape index (κ3) is 2.70. The summed E-state index contributed by atoms with van der Waals surface area (Å²) in [6, 6.07) is 7.12. The number of aromatic hydroxyl groups is 3. The average molecular weight is 263 g/mol. The number of halogens is 1. The van der Waals surface area contributed by atoms with E-state index in [1.165, 1.54) is 24.3 Å². The van der Waals surface area contributed by atoms with Crippen molar-refractivity contribution in [2.75, 3.05) is 5.32 Å². The van der Waals surface area contributed by atoms with Crippen LogP contribution in [0.5, 0.6) is 17.2 Å². The minimum Gasteiger partial charge on any atom is -0.504 e. The van der Waals surface area contributed by atoms with Crippen molar-refractivity contribution < 1.29 is 19.7 Å². The molecule has 0 aliphatic rings. The first-order valence-corrected chi connectivity index (χ1v) is 5.72. The fourth-order valence-corrected chi connectivity index (χ4v) is 1.73. The summed E-state index contributed by atoms with van der Waals surface area (Å²) in [4.78, 5) is 0. The molecule has 100 valence electrons. The fraction of sp³-hybridized carbons (Fsp3) is 0.143. The van der Waals surface area contributed by atoms with Crippen LogP contribution in [-0.2, 0) is 6.54 Å². The molecule has 2 aromatic rings. The quantitative estimate of drug-likeness (QED) is 0.642. The summed E-state index contributed by atoms with van der Waals surface area (Å²) < 4.78 is 13.1. The Balaban J connectivity index is 2.19. The van der Waals surface area contributed by atoms with Gasteiger partial charge in [0.05, 0.1) is 0 Å². The first kappa shape index (κ1) is 13.0. The van der Waals surface area contributed by atoms with Gasteiger partial charge in [-0.05, 0) is 36.8 Å². The molecule has 0 aromatic heterocycles. The molecule has 2 aromatic carbocycles. The van der Waals surface area contributed by atoms with Crippen molar-refractivity contribution in [3.63, 3.8) is 0 Å². The second-order valence-electron chi connectivity index (χ2n) is 4.25. The van der Waals surface area contributed by atoms with Crippen LogP contribution in [-0.4, -0.2) is 15.3 Å². The van der Waals surface area contributed by atoms with E-state index in [1.54, 1.807) is 6.07 Å². The third-order valence-electron chi connectivity index (χ3n) is 2.88. The normalized spacial score (nSPS) is 10.4. The largest absolute Gasteiger partial charge is 0.504 e. The van der Waals surface area contributed by atoms with E-state index in [9.17, 15) is 19.7 Å². The van der Waals surface area contributed by atoms with E-state index in [2.05, 4.69) is 5.32 Å². The van der Waals surface area contributed by atoms with Gasteiger partial charge >= 0.3 is 0 Å². The van der Waals surface area contributed by atoms with Crippen LogP contribution in [0.1, 0.15) is 11.1 Å². The van der Waals surface area contributed by atoms with Crippen molar-refractivity contribution in [3.05, 3.63) is 47.3 Å². The Hall–Kier alpha value is -2.43. The molecule has 5 heteroatoms. The summed E-state index contributed by atoms with van der Waals surface area (Å²) in [5.74, 6) is -1.69. The number of aryl methyl sites for hydroxylation is 1. The molecule has 19 heavy (non-hydrogen) atoms. The van der Waals surface area contributed by atoms with E-state index in [4.69, 9.17) is 0 Å². The number of nitrogens with one attached hydrogen (secondary N) is 1. The van der Waals surface area contributed by atoms with Gasteiger partial charge in [-0.25, -0.2) is 4.39 Å². The summed E-state index contributed by atoms with van der Waals surface area (Å²) in [5, 5.41) is 31.2. The molecule has 4 N–H and O–H groups in total. The highest BCUT2D eigenvalue weighted by atomic mass is 19.1. The molecule has 0 amide bonds. The zero-order valence-corrected chi connectivity index (χ0v) is 10.3. The summed E-state index contributed by atoms with van der Waals surface area (Å²) in [7, 11) is 0. The lowest BCUT2D eigenvalue weighted by Crippen LogP contribution is -2.01. The highest BCUT2D eigenvalue weighted by molar-refractivity contribution is 5.56. The van der Waals surface area contributed by atoms with Gasteiger partial charge in [0.1, 0.15) is 5.82 Å². The Kier molecular flexibility index (Phi) is 3.46. The highest BCUT2D eigenvalue weighted by Crippen LogP contribution is 2.37. The van der Waals surface area contributed by atoms with Crippen LogP contribution >= 0.6 is 0 Å². The van der Waals surface area contributed by atoms with Crippen LogP contribution in [0.25, 0.3) is 0 Å². The number of rotatable bonds is 3. The number of anilines is 1. The predicted octanol–water partition coefficient (Wildman–Crippen LogP) is 2.86. The Bertz CT molecular complexity index is 614. The minimum atomic E-state index is -0.560.